The number of imidazole rings is 1. The van der Waals surface area contributed by atoms with Gasteiger partial charge in [0.25, 0.3) is 5.56 Å². The van der Waals surface area contributed by atoms with Crippen LogP contribution in [0.3, 0.4) is 0 Å². The fourth-order valence-corrected chi connectivity index (χ4v) is 4.30. The molecule has 0 atom stereocenters. The van der Waals surface area contributed by atoms with Crippen LogP contribution in [0.15, 0.2) is 9.59 Å². The number of aromatic nitrogens is 4. The SMILES string of the molecule is COC(=O)CCCCn1c(=O)c2nc(CCC3CCNCC3)n(C)c2n(CC(N)=O)c1=O. The second kappa shape index (κ2) is 10.6. The largest absolute Gasteiger partial charge is 0.469 e. The molecule has 3 N–H and O–H groups in total. The molecule has 11 nitrogen and oxygen atoms in total. The van der Waals surface area contributed by atoms with Crippen molar-refractivity contribution < 1.29 is 14.3 Å². The molecule has 11 heteroatoms. The van der Waals surface area contributed by atoms with Crippen molar-refractivity contribution in [3.05, 3.63) is 26.7 Å². The first-order chi connectivity index (χ1) is 15.3. The number of rotatable bonds is 10. The second-order valence-corrected chi connectivity index (χ2v) is 8.32. The Morgan fingerprint density at radius 2 is 1.91 bits per heavy atom. The average Bonchev–Trinajstić information content (AvgIpc) is 3.11. The van der Waals surface area contributed by atoms with Gasteiger partial charge in [-0.15, -0.1) is 0 Å². The highest BCUT2D eigenvalue weighted by Crippen LogP contribution is 2.20. The van der Waals surface area contributed by atoms with E-state index in [1.807, 2.05) is 0 Å². The minimum Gasteiger partial charge on any atom is -0.469 e. The van der Waals surface area contributed by atoms with E-state index in [0.717, 1.165) is 36.9 Å². The van der Waals surface area contributed by atoms with Crippen LogP contribution in [-0.2, 0) is 40.9 Å². The summed E-state index contributed by atoms with van der Waals surface area (Å²) in [5.74, 6) is 0.274. The summed E-state index contributed by atoms with van der Waals surface area (Å²) in [5, 5.41) is 3.35. The molecule has 0 spiro atoms. The number of primary amides is 1. The Morgan fingerprint density at radius 3 is 2.56 bits per heavy atom. The van der Waals surface area contributed by atoms with Crippen LogP contribution in [0, 0.1) is 5.92 Å². The van der Waals surface area contributed by atoms with E-state index < -0.39 is 17.2 Å². The van der Waals surface area contributed by atoms with Crippen molar-refractivity contribution >= 4 is 23.0 Å². The quantitative estimate of drug-likeness (QED) is 0.374. The third-order valence-corrected chi connectivity index (χ3v) is 6.11. The molecular weight excluding hydrogens is 416 g/mol. The first-order valence-corrected chi connectivity index (χ1v) is 11.1. The molecule has 3 rings (SSSR count). The van der Waals surface area contributed by atoms with Crippen molar-refractivity contribution in [2.75, 3.05) is 20.2 Å². The summed E-state index contributed by atoms with van der Waals surface area (Å²) >= 11 is 0. The van der Waals surface area contributed by atoms with Gasteiger partial charge >= 0.3 is 11.7 Å². The molecule has 176 valence electrons. The maximum atomic E-state index is 13.1. The highest BCUT2D eigenvalue weighted by atomic mass is 16.5. The molecule has 0 radical (unpaired) electrons. The lowest BCUT2D eigenvalue weighted by Crippen LogP contribution is -2.42. The van der Waals surface area contributed by atoms with Crippen molar-refractivity contribution in [1.82, 2.24) is 24.0 Å². The molecule has 1 saturated heterocycles. The lowest BCUT2D eigenvalue weighted by Gasteiger charge is -2.22. The zero-order chi connectivity index (χ0) is 23.3. The van der Waals surface area contributed by atoms with Gasteiger partial charge in [-0.2, -0.15) is 0 Å². The molecule has 1 aliphatic heterocycles. The fourth-order valence-electron chi connectivity index (χ4n) is 4.30. The maximum absolute atomic E-state index is 13.1. The van der Waals surface area contributed by atoms with Crippen LogP contribution in [0.2, 0.25) is 0 Å². The van der Waals surface area contributed by atoms with Crippen LogP contribution >= 0.6 is 0 Å². The number of carbonyl (C=O) groups is 2. The topological polar surface area (TPSA) is 143 Å². The minimum absolute atomic E-state index is 0.115. The number of hydrogen-bond acceptors (Lipinski definition) is 7. The molecule has 2 aromatic rings. The first kappa shape index (κ1) is 23.7. The standard InChI is InChI=1S/C21H32N6O5/c1-25-16(7-6-14-8-10-23-11-9-14)24-18-19(25)27(13-15(22)28)21(31)26(20(18)30)12-4-3-5-17(29)32-2/h14,23H,3-13H2,1-2H3,(H2,22,28). The van der Waals surface area contributed by atoms with Crippen LogP contribution < -0.4 is 22.3 Å². The molecule has 2 aromatic heterocycles. The molecule has 0 unspecified atom stereocenters. The molecule has 1 aliphatic rings. The number of esters is 1. The summed E-state index contributed by atoms with van der Waals surface area (Å²) < 4.78 is 8.64. The zero-order valence-electron chi connectivity index (χ0n) is 18.8. The number of fused-ring (bicyclic) bond motifs is 1. The lowest BCUT2D eigenvalue weighted by atomic mass is 9.93. The average molecular weight is 449 g/mol. The summed E-state index contributed by atoms with van der Waals surface area (Å²) in [4.78, 5) is 53.7. The van der Waals surface area contributed by atoms with Gasteiger partial charge in [0.2, 0.25) is 5.91 Å². The Labute approximate surface area is 185 Å². The Hall–Kier alpha value is -2.95. The smallest absolute Gasteiger partial charge is 0.333 e. The minimum atomic E-state index is -0.679. The Kier molecular flexibility index (Phi) is 7.84. The van der Waals surface area contributed by atoms with Gasteiger partial charge in [0.15, 0.2) is 11.2 Å². The molecule has 1 fully saturated rings. The summed E-state index contributed by atoms with van der Waals surface area (Å²) in [6, 6.07) is 0. The van der Waals surface area contributed by atoms with E-state index in [2.05, 4.69) is 15.0 Å². The number of amides is 1. The van der Waals surface area contributed by atoms with Gasteiger partial charge in [0.05, 0.1) is 7.11 Å². The number of nitrogens with one attached hydrogen (secondary N) is 1. The summed E-state index contributed by atoms with van der Waals surface area (Å²) in [7, 11) is 3.07. The number of nitrogens with two attached hydrogens (primary N) is 1. The van der Waals surface area contributed by atoms with Crippen LogP contribution in [0.4, 0.5) is 0 Å². The van der Waals surface area contributed by atoms with E-state index in [1.54, 1.807) is 11.6 Å². The zero-order valence-corrected chi connectivity index (χ0v) is 18.8. The molecule has 0 aliphatic carbocycles. The van der Waals surface area contributed by atoms with E-state index in [1.165, 1.54) is 11.7 Å². The molecule has 0 bridgehead atoms. The number of nitrogens with zero attached hydrogens (tertiary/aromatic N) is 4. The van der Waals surface area contributed by atoms with Crippen molar-refractivity contribution in [2.24, 2.45) is 18.7 Å². The second-order valence-electron chi connectivity index (χ2n) is 8.32. The predicted octanol–water partition coefficient (Wildman–Crippen LogP) is -0.342. The number of unbranched alkanes of at least 4 members (excludes halogenated alkanes) is 1. The molecule has 3 heterocycles. The number of piperidine rings is 1. The highest BCUT2D eigenvalue weighted by Gasteiger charge is 2.22. The van der Waals surface area contributed by atoms with Crippen molar-refractivity contribution in [1.29, 1.82) is 0 Å². The summed E-state index contributed by atoms with van der Waals surface area (Å²) in [6.45, 7) is 1.79. The number of hydrogen-bond donors (Lipinski definition) is 2. The van der Waals surface area contributed by atoms with Crippen LogP contribution in [-0.4, -0.2) is 50.8 Å². The lowest BCUT2D eigenvalue weighted by molar-refractivity contribution is -0.140. The highest BCUT2D eigenvalue weighted by molar-refractivity contribution is 5.77. The van der Waals surface area contributed by atoms with Crippen LogP contribution in [0.25, 0.3) is 11.2 Å². The molecule has 32 heavy (non-hydrogen) atoms. The third kappa shape index (κ3) is 5.26. The maximum Gasteiger partial charge on any atom is 0.333 e. The van der Waals surface area contributed by atoms with Gasteiger partial charge < -0.3 is 20.4 Å². The monoisotopic (exact) mass is 448 g/mol. The van der Waals surface area contributed by atoms with Gasteiger partial charge in [-0.1, -0.05) is 0 Å². The summed E-state index contributed by atoms with van der Waals surface area (Å²) in [6.07, 6.45) is 4.94. The Balaban J connectivity index is 1.92. The van der Waals surface area contributed by atoms with Gasteiger partial charge in [-0.25, -0.2) is 9.78 Å². The Morgan fingerprint density at radius 1 is 1.19 bits per heavy atom. The molecule has 0 aromatic carbocycles. The van der Waals surface area contributed by atoms with E-state index in [-0.39, 0.29) is 31.0 Å². The van der Waals surface area contributed by atoms with Crippen LogP contribution in [0.1, 0.15) is 44.3 Å². The van der Waals surface area contributed by atoms with Crippen molar-refractivity contribution in [3.63, 3.8) is 0 Å². The Bertz CT molecular complexity index is 1090. The van der Waals surface area contributed by atoms with Gasteiger partial charge in [-0.3, -0.25) is 23.5 Å². The van der Waals surface area contributed by atoms with Gasteiger partial charge in [0.1, 0.15) is 12.4 Å². The molecule has 1 amide bonds. The number of methoxy groups -OCH3 is 1. The molecule has 0 saturated carbocycles. The first-order valence-electron chi connectivity index (χ1n) is 11.1. The number of ether oxygens (including phenoxy) is 1. The van der Waals surface area contributed by atoms with Gasteiger partial charge in [-0.05, 0) is 51.1 Å². The van der Waals surface area contributed by atoms with Gasteiger partial charge in [0, 0.05) is 26.4 Å². The molecular formula is C21H32N6O5. The van der Waals surface area contributed by atoms with Crippen LogP contribution in [0.5, 0.6) is 0 Å². The third-order valence-electron chi connectivity index (χ3n) is 6.11. The number of carbonyl (C=O) groups excluding carboxylic acids is 2. The fraction of sp³-hybridized carbons (Fsp3) is 0.667. The normalized spacial score (nSPS) is 14.7. The number of aryl methyl sites for hydroxylation is 2. The summed E-state index contributed by atoms with van der Waals surface area (Å²) in [5.41, 5.74) is 4.75. The van der Waals surface area contributed by atoms with E-state index in [4.69, 9.17) is 5.73 Å². The predicted molar refractivity (Wildman–Crippen MR) is 118 cm³/mol. The van der Waals surface area contributed by atoms with Crippen molar-refractivity contribution in [2.45, 2.75) is 58.0 Å². The van der Waals surface area contributed by atoms with Crippen molar-refractivity contribution in [3.8, 4) is 0 Å². The van der Waals surface area contributed by atoms with E-state index in [0.29, 0.717) is 36.7 Å². The van der Waals surface area contributed by atoms with E-state index in [9.17, 15) is 19.2 Å². The van der Waals surface area contributed by atoms with E-state index >= 15 is 0 Å².